The zero-order chi connectivity index (χ0) is 16.9. The highest BCUT2D eigenvalue weighted by molar-refractivity contribution is 6.02. The minimum atomic E-state index is -1.33. The lowest BCUT2D eigenvalue weighted by molar-refractivity contribution is -0.153. The van der Waals surface area contributed by atoms with E-state index in [4.69, 9.17) is 16.6 Å². The van der Waals surface area contributed by atoms with Gasteiger partial charge in [-0.1, -0.05) is 12.1 Å². The van der Waals surface area contributed by atoms with Gasteiger partial charge in [-0.2, -0.15) is 0 Å². The third kappa shape index (κ3) is 4.83. The van der Waals surface area contributed by atoms with Gasteiger partial charge < -0.3 is 21.7 Å². The summed E-state index contributed by atoms with van der Waals surface area (Å²) < 4.78 is 0. The quantitative estimate of drug-likeness (QED) is 0.529. The van der Waals surface area contributed by atoms with Crippen LogP contribution >= 0.6 is 0 Å². The van der Waals surface area contributed by atoms with Crippen molar-refractivity contribution >= 4 is 17.8 Å². The molecule has 22 heavy (non-hydrogen) atoms. The monoisotopic (exact) mass is 309 g/mol. The molecule has 0 saturated carbocycles. The van der Waals surface area contributed by atoms with Crippen LogP contribution < -0.4 is 11.5 Å². The lowest BCUT2D eigenvalue weighted by Crippen LogP contribution is -2.53. The van der Waals surface area contributed by atoms with E-state index in [9.17, 15) is 19.5 Å². The number of nitrogens with two attached hydrogens (primary N) is 2. The normalized spacial score (nSPS) is 13.2. The first-order valence-electron chi connectivity index (χ1n) is 6.58. The zero-order valence-electron chi connectivity index (χ0n) is 12.1. The van der Waals surface area contributed by atoms with Gasteiger partial charge in [-0.05, 0) is 31.0 Å². The fourth-order valence-corrected chi connectivity index (χ4v) is 1.82. The summed E-state index contributed by atoms with van der Waals surface area (Å²) in [6.07, 6.45) is 0.0987. The average Bonchev–Trinajstić information content (AvgIpc) is 2.45. The van der Waals surface area contributed by atoms with Crippen molar-refractivity contribution in [3.05, 3.63) is 29.8 Å². The Morgan fingerprint density at radius 1 is 1.14 bits per heavy atom. The van der Waals surface area contributed by atoms with E-state index in [1.165, 1.54) is 19.1 Å². The number of phenols is 1. The van der Waals surface area contributed by atoms with Crippen molar-refractivity contribution in [1.82, 2.24) is 4.90 Å². The Morgan fingerprint density at radius 2 is 1.68 bits per heavy atom. The number of phenolic OH excluding ortho intramolecular Hbond substituents is 1. The van der Waals surface area contributed by atoms with E-state index < -0.39 is 36.4 Å². The Balaban J connectivity index is 2.85. The van der Waals surface area contributed by atoms with Gasteiger partial charge in [0.15, 0.2) is 0 Å². The summed E-state index contributed by atoms with van der Waals surface area (Å²) in [7, 11) is 0. The molecular weight excluding hydrogens is 290 g/mol. The maximum Gasteiger partial charge on any atom is 0.323 e. The molecule has 0 aliphatic heterocycles. The molecule has 2 amide bonds. The number of aromatic hydroxyl groups is 1. The Hall–Kier alpha value is -2.45. The SMILES string of the molecule is C[C@H](N)C(=O)N(CC(=O)O)C(=O)[C@@H](N)Cc1ccc(O)cc1. The first-order chi connectivity index (χ1) is 10.2. The molecule has 0 radical (unpaired) electrons. The lowest BCUT2D eigenvalue weighted by Gasteiger charge is -2.24. The fraction of sp³-hybridized carbons (Fsp3) is 0.357. The molecule has 1 aromatic carbocycles. The summed E-state index contributed by atoms with van der Waals surface area (Å²) >= 11 is 0. The number of imide groups is 1. The summed E-state index contributed by atoms with van der Waals surface area (Å²) in [4.78, 5) is 35.4. The molecule has 1 rings (SSSR count). The lowest BCUT2D eigenvalue weighted by atomic mass is 10.0. The number of aliphatic carboxylic acids is 1. The summed E-state index contributed by atoms with van der Waals surface area (Å²) in [6, 6.07) is 3.94. The van der Waals surface area contributed by atoms with Gasteiger partial charge in [-0.25, -0.2) is 0 Å². The van der Waals surface area contributed by atoms with Crippen LogP contribution in [0.2, 0.25) is 0 Å². The first-order valence-corrected chi connectivity index (χ1v) is 6.58. The predicted molar refractivity (Wildman–Crippen MR) is 77.8 cm³/mol. The molecule has 1 aromatic rings. The summed E-state index contributed by atoms with van der Waals surface area (Å²) in [5, 5.41) is 18.0. The Bertz CT molecular complexity index is 556. The number of amides is 2. The molecule has 2 atom stereocenters. The van der Waals surface area contributed by atoms with Gasteiger partial charge in [0.25, 0.3) is 0 Å². The number of rotatable bonds is 6. The van der Waals surface area contributed by atoms with Crippen LogP contribution in [0.15, 0.2) is 24.3 Å². The van der Waals surface area contributed by atoms with Gasteiger partial charge >= 0.3 is 5.97 Å². The molecule has 0 unspecified atom stereocenters. The van der Waals surface area contributed by atoms with Crippen LogP contribution in [-0.4, -0.2) is 51.5 Å². The van der Waals surface area contributed by atoms with Gasteiger partial charge in [-0.15, -0.1) is 0 Å². The van der Waals surface area contributed by atoms with E-state index in [1.54, 1.807) is 12.1 Å². The standard InChI is InChI=1S/C14H19N3O5/c1-8(15)13(21)17(7-12(19)20)14(22)11(16)6-9-2-4-10(18)5-3-9/h2-5,8,11,18H,6-7,15-16H2,1H3,(H,19,20)/t8-,11-/m0/s1. The third-order valence-corrected chi connectivity index (χ3v) is 2.92. The third-order valence-electron chi connectivity index (χ3n) is 2.92. The molecule has 0 bridgehead atoms. The average molecular weight is 309 g/mol. The summed E-state index contributed by atoms with van der Waals surface area (Å²) in [5.41, 5.74) is 11.8. The van der Waals surface area contributed by atoms with Gasteiger partial charge in [-0.3, -0.25) is 19.3 Å². The molecule has 0 fully saturated rings. The van der Waals surface area contributed by atoms with E-state index in [-0.39, 0.29) is 12.2 Å². The summed E-state index contributed by atoms with van der Waals surface area (Å²) in [5.74, 6) is -2.87. The first kappa shape index (κ1) is 17.6. The molecule has 6 N–H and O–H groups in total. The van der Waals surface area contributed by atoms with Gasteiger partial charge in [0.05, 0.1) is 12.1 Å². The highest BCUT2D eigenvalue weighted by atomic mass is 16.4. The van der Waals surface area contributed by atoms with E-state index in [0.29, 0.717) is 10.5 Å². The smallest absolute Gasteiger partial charge is 0.323 e. The number of carbonyl (C=O) groups is 3. The Labute approximate surface area is 127 Å². The van der Waals surface area contributed by atoms with Crippen LogP contribution in [0.3, 0.4) is 0 Å². The van der Waals surface area contributed by atoms with Gasteiger partial charge in [0, 0.05) is 0 Å². The number of carboxylic acid groups (broad SMARTS) is 1. The number of nitrogens with zero attached hydrogens (tertiary/aromatic N) is 1. The van der Waals surface area contributed by atoms with Gasteiger partial charge in [0.2, 0.25) is 11.8 Å². The van der Waals surface area contributed by atoms with E-state index in [0.717, 1.165) is 0 Å². The predicted octanol–water partition coefficient (Wildman–Crippen LogP) is -0.951. The van der Waals surface area contributed by atoms with Crippen molar-refractivity contribution in [3.8, 4) is 5.75 Å². The van der Waals surface area contributed by atoms with Crippen molar-refractivity contribution in [2.75, 3.05) is 6.54 Å². The Morgan fingerprint density at radius 3 is 2.14 bits per heavy atom. The minimum absolute atomic E-state index is 0.0725. The van der Waals surface area contributed by atoms with Gasteiger partial charge in [0.1, 0.15) is 12.3 Å². The van der Waals surface area contributed by atoms with Crippen molar-refractivity contribution in [3.63, 3.8) is 0 Å². The van der Waals surface area contributed by atoms with Crippen molar-refractivity contribution < 1.29 is 24.6 Å². The maximum atomic E-state index is 12.2. The molecule has 0 aliphatic carbocycles. The number of carbonyl (C=O) groups excluding carboxylic acids is 2. The van der Waals surface area contributed by atoms with Crippen molar-refractivity contribution in [2.45, 2.75) is 25.4 Å². The number of hydrogen-bond acceptors (Lipinski definition) is 6. The molecule has 0 aliphatic rings. The second-order valence-corrected chi connectivity index (χ2v) is 4.92. The fourth-order valence-electron chi connectivity index (χ4n) is 1.82. The van der Waals surface area contributed by atoms with E-state index >= 15 is 0 Å². The number of carboxylic acids is 1. The van der Waals surface area contributed by atoms with Crippen LogP contribution in [0, 0.1) is 0 Å². The second-order valence-electron chi connectivity index (χ2n) is 4.92. The van der Waals surface area contributed by atoms with Crippen molar-refractivity contribution in [2.24, 2.45) is 11.5 Å². The van der Waals surface area contributed by atoms with Crippen LogP contribution in [0.4, 0.5) is 0 Å². The zero-order valence-corrected chi connectivity index (χ0v) is 12.1. The topological polar surface area (TPSA) is 147 Å². The molecule has 120 valence electrons. The number of hydrogen-bond donors (Lipinski definition) is 4. The minimum Gasteiger partial charge on any atom is -0.508 e. The van der Waals surface area contributed by atoms with E-state index in [1.807, 2.05) is 0 Å². The van der Waals surface area contributed by atoms with Crippen LogP contribution in [0.5, 0.6) is 5.75 Å². The second kappa shape index (κ2) is 7.53. The molecule has 8 heteroatoms. The number of benzene rings is 1. The molecule has 0 spiro atoms. The van der Waals surface area contributed by atoms with Crippen LogP contribution in [0.25, 0.3) is 0 Å². The van der Waals surface area contributed by atoms with Crippen molar-refractivity contribution in [1.29, 1.82) is 0 Å². The largest absolute Gasteiger partial charge is 0.508 e. The van der Waals surface area contributed by atoms with E-state index in [2.05, 4.69) is 0 Å². The Kier molecular flexibility index (Phi) is 6.02. The van der Waals surface area contributed by atoms with Crippen LogP contribution in [0.1, 0.15) is 12.5 Å². The molecular formula is C14H19N3O5. The summed E-state index contributed by atoms with van der Waals surface area (Å²) in [6.45, 7) is 0.568. The highest BCUT2D eigenvalue weighted by Crippen LogP contribution is 2.12. The highest BCUT2D eigenvalue weighted by Gasteiger charge is 2.30. The molecule has 0 aromatic heterocycles. The molecule has 0 saturated heterocycles. The molecule has 8 nitrogen and oxygen atoms in total. The van der Waals surface area contributed by atoms with Crippen LogP contribution in [-0.2, 0) is 20.8 Å². The molecule has 0 heterocycles. The maximum absolute atomic E-state index is 12.2.